The largest absolute Gasteiger partial charge is 0.508 e. The predicted octanol–water partition coefficient (Wildman–Crippen LogP) is 2.83. The lowest BCUT2D eigenvalue weighted by molar-refractivity contribution is -0.129. The Bertz CT molecular complexity index is 462. The Labute approximate surface area is 115 Å². The maximum Gasteiger partial charge on any atom is 0.227 e. The molecule has 0 bridgehead atoms. The molecule has 104 valence electrons. The van der Waals surface area contributed by atoms with E-state index >= 15 is 0 Å². The van der Waals surface area contributed by atoms with Crippen LogP contribution in [0.5, 0.6) is 5.75 Å². The van der Waals surface area contributed by atoms with E-state index in [0.717, 1.165) is 25.1 Å². The van der Waals surface area contributed by atoms with Crippen LogP contribution in [0.3, 0.4) is 0 Å². The molecule has 1 aromatic rings. The van der Waals surface area contributed by atoms with Crippen LogP contribution in [0.1, 0.15) is 32.8 Å². The summed E-state index contributed by atoms with van der Waals surface area (Å²) in [6, 6.07) is 6.95. The molecule has 1 atom stereocenters. The van der Waals surface area contributed by atoms with Gasteiger partial charge in [-0.25, -0.2) is 0 Å². The van der Waals surface area contributed by atoms with E-state index in [2.05, 4.69) is 20.8 Å². The van der Waals surface area contributed by atoms with Gasteiger partial charge in [-0.15, -0.1) is 0 Å². The Morgan fingerprint density at radius 1 is 1.42 bits per heavy atom. The zero-order valence-electron chi connectivity index (χ0n) is 12.0. The Morgan fingerprint density at radius 2 is 2.16 bits per heavy atom. The first kappa shape index (κ1) is 13.9. The summed E-state index contributed by atoms with van der Waals surface area (Å²) in [5.41, 5.74) is 1.14. The predicted molar refractivity (Wildman–Crippen MR) is 76.0 cm³/mol. The fourth-order valence-electron chi connectivity index (χ4n) is 2.65. The van der Waals surface area contributed by atoms with E-state index in [9.17, 15) is 9.90 Å². The highest BCUT2D eigenvalue weighted by Crippen LogP contribution is 2.33. The lowest BCUT2D eigenvalue weighted by Crippen LogP contribution is -2.32. The van der Waals surface area contributed by atoms with Gasteiger partial charge < -0.3 is 10.0 Å². The summed E-state index contributed by atoms with van der Waals surface area (Å²) < 4.78 is 0. The maximum absolute atomic E-state index is 12.2. The molecule has 3 nitrogen and oxygen atoms in total. The van der Waals surface area contributed by atoms with Gasteiger partial charge in [-0.3, -0.25) is 4.79 Å². The minimum Gasteiger partial charge on any atom is -0.508 e. The van der Waals surface area contributed by atoms with Crippen molar-refractivity contribution >= 4 is 5.91 Å². The van der Waals surface area contributed by atoms with Crippen molar-refractivity contribution in [2.75, 3.05) is 13.1 Å². The molecule has 1 unspecified atom stereocenters. The SMILES string of the molecule is CC(C)(C)C1CCN(C(=O)Cc2cccc(O)c2)C1. The number of likely N-dealkylation sites (tertiary alicyclic amines) is 1. The highest BCUT2D eigenvalue weighted by atomic mass is 16.3. The molecule has 3 heteroatoms. The number of carbonyl (C=O) groups excluding carboxylic acids is 1. The maximum atomic E-state index is 12.2. The molecule has 1 heterocycles. The molecule has 0 saturated carbocycles. The average Bonchev–Trinajstić information content (AvgIpc) is 2.77. The van der Waals surface area contributed by atoms with Crippen LogP contribution < -0.4 is 0 Å². The van der Waals surface area contributed by atoms with Crippen LogP contribution in [0.15, 0.2) is 24.3 Å². The summed E-state index contributed by atoms with van der Waals surface area (Å²) in [6.45, 7) is 8.43. The number of phenols is 1. The van der Waals surface area contributed by atoms with Crippen molar-refractivity contribution in [2.24, 2.45) is 11.3 Å². The van der Waals surface area contributed by atoms with Crippen molar-refractivity contribution in [2.45, 2.75) is 33.6 Å². The molecule has 1 N–H and O–H groups in total. The van der Waals surface area contributed by atoms with Gasteiger partial charge in [-0.1, -0.05) is 32.9 Å². The van der Waals surface area contributed by atoms with Gasteiger partial charge in [0, 0.05) is 13.1 Å². The van der Waals surface area contributed by atoms with Crippen molar-refractivity contribution in [3.05, 3.63) is 29.8 Å². The highest BCUT2D eigenvalue weighted by Gasteiger charge is 2.33. The van der Waals surface area contributed by atoms with Gasteiger partial charge in [0.25, 0.3) is 0 Å². The normalized spacial score (nSPS) is 19.7. The minimum absolute atomic E-state index is 0.164. The number of aromatic hydroxyl groups is 1. The molecule has 0 radical (unpaired) electrons. The number of amides is 1. The van der Waals surface area contributed by atoms with E-state index in [1.54, 1.807) is 18.2 Å². The van der Waals surface area contributed by atoms with E-state index in [-0.39, 0.29) is 17.1 Å². The number of rotatable bonds is 2. The van der Waals surface area contributed by atoms with Gasteiger partial charge in [-0.05, 0) is 35.4 Å². The van der Waals surface area contributed by atoms with Crippen LogP contribution in [0.25, 0.3) is 0 Å². The number of hydrogen-bond acceptors (Lipinski definition) is 2. The Morgan fingerprint density at radius 3 is 2.74 bits per heavy atom. The van der Waals surface area contributed by atoms with Crippen molar-refractivity contribution in [1.29, 1.82) is 0 Å². The van der Waals surface area contributed by atoms with E-state index in [1.165, 1.54) is 0 Å². The van der Waals surface area contributed by atoms with Crippen molar-refractivity contribution in [3.63, 3.8) is 0 Å². The van der Waals surface area contributed by atoms with Gasteiger partial charge in [0.2, 0.25) is 5.91 Å². The van der Waals surface area contributed by atoms with Crippen molar-refractivity contribution in [3.8, 4) is 5.75 Å². The number of nitrogens with zero attached hydrogens (tertiary/aromatic N) is 1. The molecular formula is C16H23NO2. The molecular weight excluding hydrogens is 238 g/mol. The molecule has 2 rings (SSSR count). The Hall–Kier alpha value is -1.51. The third-order valence-corrected chi connectivity index (χ3v) is 4.03. The van der Waals surface area contributed by atoms with Crippen LogP contribution in [-0.4, -0.2) is 29.0 Å². The van der Waals surface area contributed by atoms with Gasteiger partial charge in [0.1, 0.15) is 5.75 Å². The molecule has 0 aromatic heterocycles. The topological polar surface area (TPSA) is 40.5 Å². The molecule has 0 spiro atoms. The third kappa shape index (κ3) is 3.49. The van der Waals surface area contributed by atoms with E-state index in [1.807, 2.05) is 11.0 Å². The smallest absolute Gasteiger partial charge is 0.227 e. The summed E-state index contributed by atoms with van der Waals surface area (Å²) in [6.07, 6.45) is 1.47. The van der Waals surface area contributed by atoms with Gasteiger partial charge in [0.15, 0.2) is 0 Å². The van der Waals surface area contributed by atoms with Gasteiger partial charge in [-0.2, -0.15) is 0 Å². The van der Waals surface area contributed by atoms with Crippen LogP contribution >= 0.6 is 0 Å². The standard InChI is InChI=1S/C16H23NO2/c1-16(2,3)13-7-8-17(11-13)15(19)10-12-5-4-6-14(18)9-12/h4-6,9,13,18H,7-8,10-11H2,1-3H3. The second kappa shape index (κ2) is 5.24. The molecule has 1 fully saturated rings. The quantitative estimate of drug-likeness (QED) is 0.889. The molecule has 1 aliphatic rings. The van der Waals surface area contributed by atoms with E-state index in [4.69, 9.17) is 0 Å². The number of carbonyl (C=O) groups is 1. The monoisotopic (exact) mass is 261 g/mol. The highest BCUT2D eigenvalue weighted by molar-refractivity contribution is 5.79. The summed E-state index contributed by atoms with van der Waals surface area (Å²) in [5, 5.41) is 9.42. The summed E-state index contributed by atoms with van der Waals surface area (Å²) in [4.78, 5) is 14.2. The summed E-state index contributed by atoms with van der Waals surface area (Å²) in [7, 11) is 0. The number of benzene rings is 1. The molecule has 0 aliphatic carbocycles. The lowest BCUT2D eigenvalue weighted by Gasteiger charge is -2.27. The Kier molecular flexibility index (Phi) is 3.83. The fraction of sp³-hybridized carbons (Fsp3) is 0.562. The summed E-state index contributed by atoms with van der Waals surface area (Å²) in [5.74, 6) is 0.970. The average molecular weight is 261 g/mol. The fourth-order valence-corrected chi connectivity index (χ4v) is 2.65. The van der Waals surface area contributed by atoms with Crippen LogP contribution in [0, 0.1) is 11.3 Å². The second-order valence-electron chi connectivity index (χ2n) is 6.54. The van der Waals surface area contributed by atoms with Crippen LogP contribution in [-0.2, 0) is 11.2 Å². The van der Waals surface area contributed by atoms with Gasteiger partial charge in [0.05, 0.1) is 6.42 Å². The number of phenolic OH excluding ortho intramolecular Hbond substituents is 1. The molecule has 1 aromatic carbocycles. The minimum atomic E-state index is 0.164. The summed E-state index contributed by atoms with van der Waals surface area (Å²) >= 11 is 0. The first-order valence-corrected chi connectivity index (χ1v) is 6.92. The first-order valence-electron chi connectivity index (χ1n) is 6.92. The van der Waals surface area contributed by atoms with Crippen LogP contribution in [0.4, 0.5) is 0 Å². The lowest BCUT2D eigenvalue weighted by atomic mass is 9.80. The molecule has 1 amide bonds. The zero-order valence-corrected chi connectivity index (χ0v) is 12.0. The Balaban J connectivity index is 1.95. The second-order valence-corrected chi connectivity index (χ2v) is 6.54. The molecule has 1 saturated heterocycles. The number of hydrogen-bond donors (Lipinski definition) is 1. The molecule has 1 aliphatic heterocycles. The first-order chi connectivity index (χ1) is 8.86. The zero-order chi connectivity index (χ0) is 14.0. The van der Waals surface area contributed by atoms with Crippen molar-refractivity contribution in [1.82, 2.24) is 4.90 Å². The van der Waals surface area contributed by atoms with E-state index < -0.39 is 0 Å². The van der Waals surface area contributed by atoms with E-state index in [0.29, 0.717) is 12.3 Å². The molecule has 19 heavy (non-hydrogen) atoms. The van der Waals surface area contributed by atoms with Crippen LogP contribution in [0.2, 0.25) is 0 Å². The third-order valence-electron chi connectivity index (χ3n) is 4.03. The van der Waals surface area contributed by atoms with Crippen molar-refractivity contribution < 1.29 is 9.90 Å². The van der Waals surface area contributed by atoms with Gasteiger partial charge >= 0.3 is 0 Å².